The Balaban J connectivity index is 3.10. The Morgan fingerprint density at radius 3 is 2.35 bits per heavy atom. The fourth-order valence-electron chi connectivity index (χ4n) is 2.59. The summed E-state index contributed by atoms with van der Waals surface area (Å²) in [6, 6.07) is -0.392. The second-order valence-electron chi connectivity index (χ2n) is 6.03. The summed E-state index contributed by atoms with van der Waals surface area (Å²) < 4.78 is 0. The number of nitrogens with zero attached hydrogens (tertiary/aromatic N) is 1. The van der Waals surface area contributed by atoms with Gasteiger partial charge in [0.05, 0.1) is 0 Å². The maximum absolute atomic E-state index is 12.4. The Hall–Kier alpha value is -1.06. The minimum Gasteiger partial charge on any atom is -0.340 e. The fraction of sp³-hybridized carbons (Fsp3) is 0.846. The molecule has 0 aromatic heterocycles. The smallest absolute Gasteiger partial charge is 0.248 e. The van der Waals surface area contributed by atoms with Crippen LogP contribution in [0.2, 0.25) is 0 Å². The van der Waals surface area contributed by atoms with E-state index >= 15 is 0 Å². The van der Waals surface area contributed by atoms with E-state index in [0.717, 1.165) is 12.8 Å². The van der Waals surface area contributed by atoms with Crippen molar-refractivity contribution in [3.05, 3.63) is 0 Å². The van der Waals surface area contributed by atoms with Crippen molar-refractivity contribution in [3.63, 3.8) is 0 Å². The van der Waals surface area contributed by atoms with E-state index in [1.807, 2.05) is 13.8 Å². The van der Waals surface area contributed by atoms with E-state index < -0.39 is 11.6 Å². The summed E-state index contributed by atoms with van der Waals surface area (Å²) in [4.78, 5) is 26.1. The van der Waals surface area contributed by atoms with Crippen LogP contribution in [0.4, 0.5) is 0 Å². The van der Waals surface area contributed by atoms with Crippen LogP contribution in [-0.2, 0) is 9.59 Å². The average molecular weight is 240 g/mol. The predicted molar refractivity (Wildman–Crippen MR) is 67.5 cm³/mol. The normalized spacial score (nSPS) is 24.8. The molecule has 1 heterocycles. The Kier molecular flexibility index (Phi) is 3.55. The molecule has 1 aliphatic rings. The highest BCUT2D eigenvalue weighted by molar-refractivity contribution is 5.99. The number of hydrogen-bond acceptors (Lipinski definition) is 2. The molecular weight excluding hydrogens is 216 g/mol. The number of piperazine rings is 1. The lowest BCUT2D eigenvalue weighted by atomic mass is 9.88. The molecule has 0 bridgehead atoms. The van der Waals surface area contributed by atoms with Gasteiger partial charge in [0, 0.05) is 5.54 Å². The van der Waals surface area contributed by atoms with E-state index in [2.05, 4.69) is 12.2 Å². The fourth-order valence-corrected chi connectivity index (χ4v) is 2.59. The van der Waals surface area contributed by atoms with E-state index in [-0.39, 0.29) is 17.4 Å². The first kappa shape index (κ1) is 14.0. The lowest BCUT2D eigenvalue weighted by Crippen LogP contribution is -2.71. The minimum atomic E-state index is -0.797. The molecule has 98 valence electrons. The molecule has 0 spiro atoms. The molecule has 1 unspecified atom stereocenters. The standard InChI is InChI=1S/C13H24N2O2/c1-7-8-12(3,4)15-9(2)10(16)14-13(5,6)11(15)17/h9H,7-8H2,1-6H3,(H,14,16). The van der Waals surface area contributed by atoms with Gasteiger partial charge in [-0.05, 0) is 41.0 Å². The van der Waals surface area contributed by atoms with Crippen LogP contribution in [0.3, 0.4) is 0 Å². The van der Waals surface area contributed by atoms with Crippen molar-refractivity contribution in [3.8, 4) is 0 Å². The molecule has 1 fully saturated rings. The number of carbonyl (C=O) groups excluding carboxylic acids is 2. The van der Waals surface area contributed by atoms with Gasteiger partial charge in [-0.15, -0.1) is 0 Å². The molecule has 1 aliphatic heterocycles. The van der Waals surface area contributed by atoms with Crippen LogP contribution in [-0.4, -0.2) is 33.8 Å². The van der Waals surface area contributed by atoms with E-state index in [0.29, 0.717) is 0 Å². The molecule has 0 radical (unpaired) electrons. The summed E-state index contributed by atoms with van der Waals surface area (Å²) in [6.45, 7) is 11.5. The molecule has 0 aromatic rings. The third-order valence-corrected chi connectivity index (χ3v) is 3.47. The first-order valence-electron chi connectivity index (χ1n) is 6.29. The van der Waals surface area contributed by atoms with Crippen LogP contribution >= 0.6 is 0 Å². The number of amides is 2. The highest BCUT2D eigenvalue weighted by atomic mass is 16.2. The molecule has 0 saturated carbocycles. The molecule has 17 heavy (non-hydrogen) atoms. The molecule has 1 N–H and O–H groups in total. The number of rotatable bonds is 3. The molecule has 4 nitrogen and oxygen atoms in total. The van der Waals surface area contributed by atoms with E-state index in [1.54, 1.807) is 25.7 Å². The van der Waals surface area contributed by atoms with Crippen molar-refractivity contribution in [2.45, 2.75) is 71.5 Å². The Labute approximate surface area is 104 Å². The van der Waals surface area contributed by atoms with Crippen LogP contribution in [0.5, 0.6) is 0 Å². The maximum Gasteiger partial charge on any atom is 0.248 e. The zero-order chi connectivity index (χ0) is 13.4. The third kappa shape index (κ3) is 2.45. The first-order valence-corrected chi connectivity index (χ1v) is 6.29. The zero-order valence-electron chi connectivity index (χ0n) is 11.8. The number of carbonyl (C=O) groups is 2. The molecule has 4 heteroatoms. The monoisotopic (exact) mass is 240 g/mol. The maximum atomic E-state index is 12.4. The van der Waals surface area contributed by atoms with Gasteiger partial charge < -0.3 is 10.2 Å². The van der Waals surface area contributed by atoms with Gasteiger partial charge in [-0.3, -0.25) is 9.59 Å². The van der Waals surface area contributed by atoms with E-state index in [9.17, 15) is 9.59 Å². The molecule has 1 atom stereocenters. The topological polar surface area (TPSA) is 49.4 Å². The second-order valence-corrected chi connectivity index (χ2v) is 6.03. The van der Waals surface area contributed by atoms with Gasteiger partial charge in [0.15, 0.2) is 0 Å². The summed E-state index contributed by atoms with van der Waals surface area (Å²) in [5.41, 5.74) is -1.07. The lowest BCUT2D eigenvalue weighted by molar-refractivity contribution is -0.159. The summed E-state index contributed by atoms with van der Waals surface area (Å²) in [6.07, 6.45) is 1.89. The highest BCUT2D eigenvalue weighted by Crippen LogP contribution is 2.29. The number of nitrogens with one attached hydrogen (secondary N) is 1. The minimum absolute atomic E-state index is 0.00282. The molecule has 1 rings (SSSR count). The van der Waals surface area contributed by atoms with Gasteiger partial charge in [-0.25, -0.2) is 0 Å². The Bertz CT molecular complexity index is 334. The third-order valence-electron chi connectivity index (χ3n) is 3.47. The van der Waals surface area contributed by atoms with Gasteiger partial charge in [0.1, 0.15) is 11.6 Å². The van der Waals surface area contributed by atoms with Crippen LogP contribution in [0.1, 0.15) is 54.4 Å². The van der Waals surface area contributed by atoms with Gasteiger partial charge in [0.2, 0.25) is 11.8 Å². The van der Waals surface area contributed by atoms with Crippen molar-refractivity contribution < 1.29 is 9.59 Å². The summed E-state index contributed by atoms with van der Waals surface area (Å²) in [5.74, 6) is -0.0678. The molecule has 1 saturated heterocycles. The zero-order valence-corrected chi connectivity index (χ0v) is 11.8. The molecule has 0 aromatic carbocycles. The Morgan fingerprint density at radius 2 is 1.88 bits per heavy atom. The number of hydrogen-bond donors (Lipinski definition) is 1. The van der Waals surface area contributed by atoms with Crippen molar-refractivity contribution in [1.29, 1.82) is 0 Å². The molecular formula is C13H24N2O2. The van der Waals surface area contributed by atoms with E-state index in [4.69, 9.17) is 0 Å². The summed E-state index contributed by atoms with van der Waals surface area (Å²) >= 11 is 0. The summed E-state index contributed by atoms with van der Waals surface area (Å²) in [5, 5.41) is 2.77. The van der Waals surface area contributed by atoms with Crippen molar-refractivity contribution in [1.82, 2.24) is 10.2 Å². The summed E-state index contributed by atoms with van der Waals surface area (Å²) in [7, 11) is 0. The Morgan fingerprint density at radius 1 is 1.35 bits per heavy atom. The first-order chi connectivity index (χ1) is 7.63. The SMILES string of the molecule is CCCC(C)(C)N1C(=O)C(C)(C)NC(=O)C1C. The van der Waals surface area contributed by atoms with Gasteiger partial charge in [0.25, 0.3) is 0 Å². The van der Waals surface area contributed by atoms with Crippen molar-refractivity contribution >= 4 is 11.8 Å². The van der Waals surface area contributed by atoms with E-state index in [1.165, 1.54) is 0 Å². The van der Waals surface area contributed by atoms with Crippen LogP contribution < -0.4 is 5.32 Å². The van der Waals surface area contributed by atoms with Gasteiger partial charge in [-0.1, -0.05) is 13.3 Å². The van der Waals surface area contributed by atoms with Crippen LogP contribution in [0.15, 0.2) is 0 Å². The highest BCUT2D eigenvalue weighted by Gasteiger charge is 2.48. The predicted octanol–water partition coefficient (Wildman–Crippen LogP) is 1.69. The lowest BCUT2D eigenvalue weighted by Gasteiger charge is -2.49. The molecule has 2 amide bonds. The van der Waals surface area contributed by atoms with Crippen LogP contribution in [0.25, 0.3) is 0 Å². The van der Waals surface area contributed by atoms with Crippen molar-refractivity contribution in [2.24, 2.45) is 0 Å². The van der Waals surface area contributed by atoms with Gasteiger partial charge >= 0.3 is 0 Å². The second kappa shape index (κ2) is 4.31. The molecule has 0 aliphatic carbocycles. The average Bonchev–Trinajstić information content (AvgIpc) is 2.14. The van der Waals surface area contributed by atoms with Crippen molar-refractivity contribution in [2.75, 3.05) is 0 Å². The quantitative estimate of drug-likeness (QED) is 0.816. The van der Waals surface area contributed by atoms with Crippen LogP contribution in [0, 0.1) is 0 Å². The van der Waals surface area contributed by atoms with Gasteiger partial charge in [-0.2, -0.15) is 0 Å². The largest absolute Gasteiger partial charge is 0.340 e.